The van der Waals surface area contributed by atoms with Crippen molar-refractivity contribution in [3.8, 4) is 33.6 Å². The Morgan fingerprint density at radius 2 is 0.848 bits per heavy atom. The van der Waals surface area contributed by atoms with E-state index in [-0.39, 0.29) is 0 Å². The molecule has 3 heteroatoms. The summed E-state index contributed by atoms with van der Waals surface area (Å²) in [5.74, 6) is 0. The minimum Gasteiger partial charge on any atom is -0.310 e. The Morgan fingerprint density at radius 1 is 0.391 bits per heavy atom. The highest BCUT2D eigenvalue weighted by Gasteiger charge is 2.18. The molecule has 0 spiro atoms. The Kier molecular flexibility index (Phi) is 5.88. The van der Waals surface area contributed by atoms with Crippen LogP contribution in [-0.2, 0) is 0 Å². The fraction of sp³-hybridized carbons (Fsp3) is 0. The molecule has 0 amide bonds. The van der Waals surface area contributed by atoms with Crippen molar-refractivity contribution >= 4 is 49.3 Å². The molecule has 0 saturated heterocycles. The Labute approximate surface area is 266 Å². The summed E-state index contributed by atoms with van der Waals surface area (Å²) in [6.07, 6.45) is 0. The normalized spacial score (nSPS) is 11.5. The third-order valence-electron chi connectivity index (χ3n) is 9.17. The van der Waals surface area contributed by atoms with Gasteiger partial charge in [0.1, 0.15) is 0 Å². The second-order valence-electron chi connectivity index (χ2n) is 11.6. The van der Waals surface area contributed by atoms with Crippen LogP contribution in [0.25, 0.3) is 82.1 Å². The van der Waals surface area contributed by atoms with E-state index in [4.69, 9.17) is 6.57 Å². The molecule has 0 aliphatic rings. The molecule has 0 saturated carbocycles. The van der Waals surface area contributed by atoms with Crippen LogP contribution in [0.4, 0.5) is 5.69 Å². The van der Waals surface area contributed by atoms with Crippen LogP contribution in [0, 0.1) is 6.57 Å². The smallest absolute Gasteiger partial charge is 0.189 e. The zero-order valence-corrected chi connectivity index (χ0v) is 24.9. The second kappa shape index (κ2) is 10.4. The summed E-state index contributed by atoms with van der Waals surface area (Å²) in [7, 11) is 0. The van der Waals surface area contributed by atoms with Crippen LogP contribution in [0.1, 0.15) is 0 Å². The molecule has 46 heavy (non-hydrogen) atoms. The summed E-state index contributed by atoms with van der Waals surface area (Å²) in [4.78, 5) is 3.83. The van der Waals surface area contributed by atoms with Crippen LogP contribution >= 0.6 is 0 Å². The van der Waals surface area contributed by atoms with Crippen LogP contribution < -0.4 is 0 Å². The largest absolute Gasteiger partial charge is 0.310 e. The van der Waals surface area contributed by atoms with Gasteiger partial charge < -0.3 is 9.13 Å². The van der Waals surface area contributed by atoms with Crippen LogP contribution in [0.3, 0.4) is 0 Å². The molecule has 0 N–H and O–H groups in total. The highest BCUT2D eigenvalue weighted by atomic mass is 15.0. The Hall–Kier alpha value is -6.37. The number of hydrogen-bond donors (Lipinski definition) is 0. The first-order valence-corrected chi connectivity index (χ1v) is 15.5. The summed E-state index contributed by atoms with van der Waals surface area (Å²) in [6, 6.07) is 57.9. The Morgan fingerprint density at radius 3 is 1.37 bits per heavy atom. The van der Waals surface area contributed by atoms with E-state index in [1.54, 1.807) is 0 Å². The van der Waals surface area contributed by atoms with Crippen molar-refractivity contribution in [3.63, 3.8) is 0 Å². The van der Waals surface area contributed by atoms with E-state index in [1.807, 2.05) is 12.1 Å². The minimum absolute atomic E-state index is 0.619. The molecule has 0 aliphatic heterocycles. The first-order chi connectivity index (χ1) is 22.8. The van der Waals surface area contributed by atoms with Gasteiger partial charge >= 0.3 is 0 Å². The maximum atomic E-state index is 7.84. The van der Waals surface area contributed by atoms with Gasteiger partial charge in [-0.05, 0) is 59.2 Å². The molecule has 0 fully saturated rings. The van der Waals surface area contributed by atoms with E-state index in [1.165, 1.54) is 32.6 Å². The molecule has 9 aromatic rings. The predicted molar refractivity (Wildman–Crippen MR) is 192 cm³/mol. The number of hydrogen-bond acceptors (Lipinski definition) is 0. The van der Waals surface area contributed by atoms with Gasteiger partial charge in [-0.1, -0.05) is 121 Å². The SMILES string of the molecule is [C-]#[N+]c1ccc(-c2ccccc2-c2ccc(-n3c4ccccc4c4ccccc43)cc2)c(-n2c3ccccc3c3ccccc32)c1. The summed E-state index contributed by atoms with van der Waals surface area (Å²) in [5, 5.41) is 4.92. The highest BCUT2D eigenvalue weighted by Crippen LogP contribution is 2.41. The number of fused-ring (bicyclic) bond motifs is 6. The molecule has 2 aromatic heterocycles. The van der Waals surface area contributed by atoms with Gasteiger partial charge in [0.2, 0.25) is 0 Å². The fourth-order valence-electron chi connectivity index (χ4n) is 7.14. The molecular weight excluding hydrogens is 558 g/mol. The lowest BCUT2D eigenvalue weighted by Gasteiger charge is -2.18. The van der Waals surface area contributed by atoms with Crippen LogP contribution in [0.2, 0.25) is 0 Å². The standard InChI is InChI=1S/C43H27N3/c1-44-30-24-27-38(43(28-30)46-41-20-10-6-16-36(41)37-17-7-11-21-42(37)46)33-13-3-2-12-32(33)29-22-25-31(26-23-29)45-39-18-8-4-14-34(39)35-15-5-9-19-40(35)45/h2-28H. The highest BCUT2D eigenvalue weighted by molar-refractivity contribution is 6.10. The lowest BCUT2D eigenvalue weighted by Crippen LogP contribution is -1.98. The summed E-state index contributed by atoms with van der Waals surface area (Å²) < 4.78 is 4.67. The molecule has 0 aliphatic carbocycles. The molecule has 2 heterocycles. The van der Waals surface area contributed by atoms with E-state index in [0.29, 0.717) is 5.69 Å². The predicted octanol–water partition coefficient (Wildman–Crippen LogP) is 11.8. The molecule has 7 aromatic carbocycles. The number of nitrogens with zero attached hydrogens (tertiary/aromatic N) is 3. The van der Waals surface area contributed by atoms with Crippen molar-refractivity contribution in [2.75, 3.05) is 0 Å². The van der Waals surface area contributed by atoms with E-state index in [9.17, 15) is 0 Å². The lowest BCUT2D eigenvalue weighted by atomic mass is 9.93. The third-order valence-corrected chi connectivity index (χ3v) is 9.17. The summed E-state index contributed by atoms with van der Waals surface area (Å²) >= 11 is 0. The van der Waals surface area contributed by atoms with Gasteiger partial charge in [-0.3, -0.25) is 0 Å². The minimum atomic E-state index is 0.619. The first-order valence-electron chi connectivity index (χ1n) is 15.5. The van der Waals surface area contributed by atoms with Gasteiger partial charge in [0, 0.05) is 38.5 Å². The van der Waals surface area contributed by atoms with E-state index in [0.717, 1.165) is 44.7 Å². The van der Waals surface area contributed by atoms with Gasteiger partial charge in [0.25, 0.3) is 0 Å². The van der Waals surface area contributed by atoms with Crippen molar-refractivity contribution in [2.24, 2.45) is 0 Å². The van der Waals surface area contributed by atoms with Gasteiger partial charge in [-0.15, -0.1) is 0 Å². The zero-order chi connectivity index (χ0) is 30.6. The van der Waals surface area contributed by atoms with Gasteiger partial charge in [-0.2, -0.15) is 0 Å². The van der Waals surface area contributed by atoms with Crippen molar-refractivity contribution in [2.45, 2.75) is 0 Å². The third kappa shape index (κ3) is 3.91. The molecule has 0 atom stereocenters. The molecule has 9 rings (SSSR count). The second-order valence-corrected chi connectivity index (χ2v) is 11.6. The monoisotopic (exact) mass is 585 g/mol. The van der Waals surface area contributed by atoms with E-state index < -0.39 is 0 Å². The Bertz CT molecular complexity index is 2540. The number of para-hydroxylation sites is 4. The van der Waals surface area contributed by atoms with Gasteiger partial charge in [0.05, 0.1) is 28.6 Å². The van der Waals surface area contributed by atoms with E-state index >= 15 is 0 Å². The van der Waals surface area contributed by atoms with Gasteiger partial charge in [0.15, 0.2) is 5.69 Å². The molecule has 214 valence electrons. The van der Waals surface area contributed by atoms with Crippen LogP contribution in [-0.4, -0.2) is 9.13 Å². The topological polar surface area (TPSA) is 14.2 Å². The molecule has 3 nitrogen and oxygen atoms in total. The van der Waals surface area contributed by atoms with Crippen molar-refractivity contribution < 1.29 is 0 Å². The summed E-state index contributed by atoms with van der Waals surface area (Å²) in [6.45, 7) is 7.84. The maximum Gasteiger partial charge on any atom is 0.189 e. The van der Waals surface area contributed by atoms with Crippen LogP contribution in [0.5, 0.6) is 0 Å². The molecular formula is C43H27N3. The average Bonchev–Trinajstić information content (AvgIpc) is 3.65. The summed E-state index contributed by atoms with van der Waals surface area (Å²) in [5.41, 5.74) is 11.9. The average molecular weight is 586 g/mol. The number of aromatic nitrogens is 2. The number of benzene rings is 7. The zero-order valence-electron chi connectivity index (χ0n) is 24.9. The van der Waals surface area contributed by atoms with Crippen molar-refractivity contribution in [1.29, 1.82) is 0 Å². The molecule has 0 radical (unpaired) electrons. The number of rotatable bonds is 4. The van der Waals surface area contributed by atoms with Crippen molar-refractivity contribution in [1.82, 2.24) is 9.13 Å². The lowest BCUT2D eigenvalue weighted by molar-refractivity contribution is 1.18. The molecule has 0 unspecified atom stereocenters. The van der Waals surface area contributed by atoms with Crippen molar-refractivity contribution in [3.05, 3.63) is 175 Å². The fourth-order valence-corrected chi connectivity index (χ4v) is 7.14. The van der Waals surface area contributed by atoms with Gasteiger partial charge in [-0.25, -0.2) is 4.85 Å². The Balaban J connectivity index is 1.23. The van der Waals surface area contributed by atoms with E-state index in [2.05, 4.69) is 166 Å². The maximum absolute atomic E-state index is 7.84. The van der Waals surface area contributed by atoms with Crippen LogP contribution in [0.15, 0.2) is 164 Å². The first kappa shape index (κ1) is 26.1. The molecule has 0 bridgehead atoms. The quantitative estimate of drug-likeness (QED) is 0.182.